The lowest BCUT2D eigenvalue weighted by Gasteiger charge is -2.56. The predicted molar refractivity (Wildman–Crippen MR) is 111 cm³/mol. The van der Waals surface area contributed by atoms with E-state index in [1.165, 1.54) is 24.8 Å². The minimum Gasteiger partial charge on any atom is -0.352 e. The lowest BCUT2D eigenvalue weighted by molar-refractivity contribution is -0.126. The van der Waals surface area contributed by atoms with Gasteiger partial charge in [-0.2, -0.15) is 0 Å². The Balaban J connectivity index is 1.25. The zero-order valence-electron chi connectivity index (χ0n) is 17.5. The molecule has 28 heavy (non-hydrogen) atoms. The molecule has 0 spiro atoms. The molecule has 4 fully saturated rings. The lowest BCUT2D eigenvalue weighted by atomic mass is 9.53. The Bertz CT molecular complexity index is 710. The molecule has 4 saturated carbocycles. The maximum absolute atomic E-state index is 12.5. The standard InChI is InChI=1S/C24H34N2O2/c1-23(2,3)20-6-4-19(5-7-20)22(28)25-9-8-21(27)26-24-13-16-10-17(14-24)12-18(11-16)15-24/h4-7,16-18H,8-15H2,1-3H3,(H,25,28)(H,26,27). The summed E-state index contributed by atoms with van der Waals surface area (Å²) in [4.78, 5) is 24.9. The van der Waals surface area contributed by atoms with E-state index in [1.54, 1.807) is 0 Å². The van der Waals surface area contributed by atoms with E-state index in [4.69, 9.17) is 0 Å². The average molecular weight is 383 g/mol. The number of carbonyl (C=O) groups is 2. The smallest absolute Gasteiger partial charge is 0.251 e. The van der Waals surface area contributed by atoms with Gasteiger partial charge in [0.25, 0.3) is 5.91 Å². The van der Waals surface area contributed by atoms with Crippen molar-refractivity contribution in [3.8, 4) is 0 Å². The van der Waals surface area contributed by atoms with Crippen molar-refractivity contribution in [2.45, 2.75) is 76.7 Å². The highest BCUT2D eigenvalue weighted by molar-refractivity contribution is 5.94. The molecule has 4 nitrogen and oxygen atoms in total. The van der Waals surface area contributed by atoms with Crippen molar-refractivity contribution in [2.75, 3.05) is 6.54 Å². The van der Waals surface area contributed by atoms with E-state index >= 15 is 0 Å². The maximum atomic E-state index is 12.5. The molecule has 0 radical (unpaired) electrons. The third-order valence-corrected chi connectivity index (χ3v) is 7.09. The quantitative estimate of drug-likeness (QED) is 0.802. The third-order valence-electron chi connectivity index (χ3n) is 7.09. The van der Waals surface area contributed by atoms with Crippen molar-refractivity contribution in [1.82, 2.24) is 10.6 Å². The Labute approximate surface area is 168 Å². The van der Waals surface area contributed by atoms with Gasteiger partial charge in [-0.3, -0.25) is 9.59 Å². The summed E-state index contributed by atoms with van der Waals surface area (Å²) in [5.41, 5.74) is 1.98. The summed E-state index contributed by atoms with van der Waals surface area (Å²) in [6, 6.07) is 7.75. The fraction of sp³-hybridized carbons (Fsp3) is 0.667. The van der Waals surface area contributed by atoms with Crippen LogP contribution in [0.25, 0.3) is 0 Å². The summed E-state index contributed by atoms with van der Waals surface area (Å²) in [5, 5.41) is 6.27. The van der Waals surface area contributed by atoms with Crippen molar-refractivity contribution in [1.29, 1.82) is 0 Å². The van der Waals surface area contributed by atoms with E-state index in [0.717, 1.165) is 37.0 Å². The maximum Gasteiger partial charge on any atom is 0.251 e. The molecule has 0 heterocycles. The molecule has 4 heteroatoms. The highest BCUT2D eigenvalue weighted by Gasteiger charge is 2.51. The number of nitrogens with one attached hydrogen (secondary N) is 2. The molecule has 1 aromatic carbocycles. The first-order chi connectivity index (χ1) is 13.2. The van der Waals surface area contributed by atoms with Crippen molar-refractivity contribution in [3.05, 3.63) is 35.4 Å². The molecular weight excluding hydrogens is 348 g/mol. The molecular formula is C24H34N2O2. The second kappa shape index (κ2) is 7.20. The fourth-order valence-corrected chi connectivity index (χ4v) is 6.14. The summed E-state index contributed by atoms with van der Waals surface area (Å²) < 4.78 is 0. The van der Waals surface area contributed by atoms with Crippen LogP contribution in [-0.4, -0.2) is 23.9 Å². The molecule has 0 aliphatic heterocycles. The van der Waals surface area contributed by atoms with Crippen LogP contribution in [0.3, 0.4) is 0 Å². The van der Waals surface area contributed by atoms with Crippen molar-refractivity contribution < 1.29 is 9.59 Å². The Morgan fingerprint density at radius 3 is 2.00 bits per heavy atom. The molecule has 0 atom stereocenters. The van der Waals surface area contributed by atoms with Crippen molar-refractivity contribution in [3.63, 3.8) is 0 Å². The molecule has 0 unspecified atom stereocenters. The second-order valence-corrected chi connectivity index (χ2v) is 10.6. The van der Waals surface area contributed by atoms with Gasteiger partial charge in [-0.1, -0.05) is 32.9 Å². The van der Waals surface area contributed by atoms with Gasteiger partial charge in [0, 0.05) is 24.1 Å². The first-order valence-corrected chi connectivity index (χ1v) is 10.9. The van der Waals surface area contributed by atoms with E-state index in [9.17, 15) is 9.59 Å². The average Bonchev–Trinajstić information content (AvgIpc) is 2.59. The predicted octanol–water partition coefficient (Wildman–Crippen LogP) is 4.19. The number of rotatable bonds is 5. The monoisotopic (exact) mass is 382 g/mol. The molecule has 1 aromatic rings. The first kappa shape index (κ1) is 19.5. The summed E-state index contributed by atoms with van der Waals surface area (Å²) >= 11 is 0. The van der Waals surface area contributed by atoms with Gasteiger partial charge >= 0.3 is 0 Å². The molecule has 2 amide bonds. The Kier molecular flexibility index (Phi) is 5.01. The van der Waals surface area contributed by atoms with Crippen LogP contribution < -0.4 is 10.6 Å². The third kappa shape index (κ3) is 4.11. The van der Waals surface area contributed by atoms with E-state index < -0.39 is 0 Å². The van der Waals surface area contributed by atoms with Gasteiger partial charge in [0.05, 0.1) is 0 Å². The SMILES string of the molecule is CC(C)(C)c1ccc(C(=O)NCCC(=O)NC23CC4CC(CC(C4)C2)C3)cc1. The van der Waals surface area contributed by atoms with Crippen LogP contribution in [0.4, 0.5) is 0 Å². The van der Waals surface area contributed by atoms with Crippen LogP contribution in [0.1, 0.15) is 81.6 Å². The van der Waals surface area contributed by atoms with Crippen LogP contribution in [0.2, 0.25) is 0 Å². The van der Waals surface area contributed by atoms with Gasteiger partial charge < -0.3 is 10.6 Å². The van der Waals surface area contributed by atoms with E-state index in [0.29, 0.717) is 18.5 Å². The molecule has 4 aliphatic rings. The van der Waals surface area contributed by atoms with Crippen LogP contribution in [-0.2, 0) is 10.2 Å². The molecule has 0 saturated heterocycles. The van der Waals surface area contributed by atoms with Gasteiger partial charge in [0.1, 0.15) is 0 Å². The largest absolute Gasteiger partial charge is 0.352 e. The normalized spacial score (nSPS) is 30.9. The van der Waals surface area contributed by atoms with Gasteiger partial charge in [-0.05, 0) is 79.4 Å². The zero-order chi connectivity index (χ0) is 19.9. The van der Waals surface area contributed by atoms with Gasteiger partial charge in [-0.25, -0.2) is 0 Å². The second-order valence-electron chi connectivity index (χ2n) is 10.6. The molecule has 152 valence electrons. The van der Waals surface area contributed by atoms with Crippen molar-refractivity contribution in [2.24, 2.45) is 17.8 Å². The summed E-state index contributed by atoms with van der Waals surface area (Å²) in [6.07, 6.45) is 7.97. The van der Waals surface area contributed by atoms with E-state index in [2.05, 4.69) is 31.4 Å². The highest BCUT2D eigenvalue weighted by Crippen LogP contribution is 2.55. The van der Waals surface area contributed by atoms with Crippen LogP contribution in [0.5, 0.6) is 0 Å². The summed E-state index contributed by atoms with van der Waals surface area (Å²) in [5.74, 6) is 2.44. The minimum absolute atomic E-state index is 0.0542. The molecule has 5 rings (SSSR count). The molecule has 2 N–H and O–H groups in total. The molecule has 4 aliphatic carbocycles. The van der Waals surface area contributed by atoms with Crippen molar-refractivity contribution >= 4 is 11.8 Å². The number of benzene rings is 1. The Morgan fingerprint density at radius 2 is 1.50 bits per heavy atom. The Morgan fingerprint density at radius 1 is 0.964 bits per heavy atom. The molecule has 4 bridgehead atoms. The summed E-state index contributed by atoms with van der Waals surface area (Å²) in [7, 11) is 0. The number of carbonyl (C=O) groups excluding carboxylic acids is 2. The topological polar surface area (TPSA) is 58.2 Å². The number of hydrogen-bond donors (Lipinski definition) is 2. The number of hydrogen-bond acceptors (Lipinski definition) is 2. The lowest BCUT2D eigenvalue weighted by Crippen LogP contribution is -2.60. The van der Waals surface area contributed by atoms with Gasteiger partial charge in [-0.15, -0.1) is 0 Å². The Hall–Kier alpha value is -1.84. The first-order valence-electron chi connectivity index (χ1n) is 10.9. The van der Waals surface area contributed by atoms with Crippen LogP contribution in [0, 0.1) is 17.8 Å². The highest BCUT2D eigenvalue weighted by atomic mass is 16.2. The zero-order valence-corrected chi connectivity index (χ0v) is 17.5. The van der Waals surface area contributed by atoms with E-state index in [-0.39, 0.29) is 22.8 Å². The van der Waals surface area contributed by atoms with Crippen LogP contribution in [0.15, 0.2) is 24.3 Å². The molecule has 0 aromatic heterocycles. The minimum atomic E-state index is -0.108. The van der Waals surface area contributed by atoms with Crippen LogP contribution >= 0.6 is 0 Å². The number of amides is 2. The van der Waals surface area contributed by atoms with Gasteiger partial charge in [0.2, 0.25) is 5.91 Å². The van der Waals surface area contributed by atoms with E-state index in [1.807, 2.05) is 24.3 Å². The summed E-state index contributed by atoms with van der Waals surface area (Å²) in [6.45, 7) is 6.86. The van der Waals surface area contributed by atoms with Gasteiger partial charge in [0.15, 0.2) is 0 Å². The fourth-order valence-electron chi connectivity index (χ4n) is 6.14.